The zero-order valence-corrected chi connectivity index (χ0v) is 11.1. The quantitative estimate of drug-likeness (QED) is 0.880. The SMILES string of the molecule is CC(C)(Cc1ccc2c(c1)NC(=O)CS2)C(=O)O. The number of anilines is 1. The molecule has 0 saturated carbocycles. The first-order valence-corrected chi connectivity index (χ1v) is 6.66. The molecule has 2 rings (SSSR count). The van der Waals surface area contributed by atoms with Gasteiger partial charge in [0.2, 0.25) is 5.91 Å². The number of hydrogen-bond donors (Lipinski definition) is 2. The smallest absolute Gasteiger partial charge is 0.309 e. The summed E-state index contributed by atoms with van der Waals surface area (Å²) in [5.41, 5.74) is 0.902. The van der Waals surface area contributed by atoms with Gasteiger partial charge in [0.15, 0.2) is 0 Å². The lowest BCUT2D eigenvalue weighted by Crippen LogP contribution is -2.26. The molecule has 5 heteroatoms. The van der Waals surface area contributed by atoms with Gasteiger partial charge in [0.1, 0.15) is 0 Å². The van der Waals surface area contributed by atoms with E-state index in [9.17, 15) is 9.59 Å². The Morgan fingerprint density at radius 1 is 1.50 bits per heavy atom. The number of thioether (sulfide) groups is 1. The molecule has 1 aromatic carbocycles. The molecule has 96 valence electrons. The Balaban J connectivity index is 2.24. The Hall–Kier alpha value is -1.49. The summed E-state index contributed by atoms with van der Waals surface area (Å²) in [5, 5.41) is 11.9. The van der Waals surface area contributed by atoms with Gasteiger partial charge in [-0.15, -0.1) is 11.8 Å². The fourth-order valence-electron chi connectivity index (χ4n) is 1.83. The van der Waals surface area contributed by atoms with Gasteiger partial charge in [-0.2, -0.15) is 0 Å². The van der Waals surface area contributed by atoms with Crippen LogP contribution in [0.25, 0.3) is 0 Å². The van der Waals surface area contributed by atoms with E-state index in [2.05, 4.69) is 5.32 Å². The molecule has 0 radical (unpaired) electrons. The van der Waals surface area contributed by atoms with Crippen LogP contribution in [0.1, 0.15) is 19.4 Å². The molecule has 0 saturated heterocycles. The topological polar surface area (TPSA) is 66.4 Å². The van der Waals surface area contributed by atoms with Crippen LogP contribution in [0.4, 0.5) is 5.69 Å². The highest BCUT2D eigenvalue weighted by Crippen LogP contribution is 2.33. The van der Waals surface area contributed by atoms with Crippen LogP contribution in [-0.2, 0) is 16.0 Å². The minimum Gasteiger partial charge on any atom is -0.481 e. The van der Waals surface area contributed by atoms with Crippen LogP contribution in [0.2, 0.25) is 0 Å². The number of fused-ring (bicyclic) bond motifs is 1. The van der Waals surface area contributed by atoms with E-state index in [4.69, 9.17) is 5.11 Å². The third-order valence-corrected chi connectivity index (χ3v) is 3.98. The van der Waals surface area contributed by atoms with Crippen LogP contribution in [-0.4, -0.2) is 22.7 Å². The molecule has 0 aromatic heterocycles. The van der Waals surface area contributed by atoms with Gasteiger partial charge in [0, 0.05) is 4.90 Å². The van der Waals surface area contributed by atoms with Gasteiger partial charge >= 0.3 is 5.97 Å². The molecule has 0 bridgehead atoms. The fourth-order valence-corrected chi connectivity index (χ4v) is 2.61. The molecule has 2 N–H and O–H groups in total. The number of amides is 1. The molecule has 0 unspecified atom stereocenters. The predicted octanol–water partition coefficient (Wildman–Crippen LogP) is 2.38. The molecule has 1 aliphatic rings. The van der Waals surface area contributed by atoms with Gasteiger partial charge < -0.3 is 10.4 Å². The van der Waals surface area contributed by atoms with Crippen molar-refractivity contribution in [2.24, 2.45) is 5.41 Å². The average molecular weight is 265 g/mol. The third kappa shape index (κ3) is 2.67. The second-order valence-electron chi connectivity index (χ2n) is 5.03. The number of carbonyl (C=O) groups excluding carboxylic acids is 1. The minimum atomic E-state index is -0.821. The molecule has 0 aliphatic carbocycles. The van der Waals surface area contributed by atoms with E-state index >= 15 is 0 Å². The highest BCUT2D eigenvalue weighted by Gasteiger charge is 2.28. The van der Waals surface area contributed by atoms with E-state index in [0.29, 0.717) is 12.2 Å². The van der Waals surface area contributed by atoms with Crippen LogP contribution in [0.5, 0.6) is 0 Å². The lowest BCUT2D eigenvalue weighted by Gasteiger charge is -2.21. The van der Waals surface area contributed by atoms with Gasteiger partial charge in [0.25, 0.3) is 0 Å². The molecule has 0 atom stereocenters. The first-order chi connectivity index (χ1) is 8.38. The van der Waals surface area contributed by atoms with Crippen molar-refractivity contribution in [3.8, 4) is 0 Å². The van der Waals surface area contributed by atoms with Crippen molar-refractivity contribution in [2.45, 2.75) is 25.2 Å². The number of aliphatic carboxylic acids is 1. The summed E-state index contributed by atoms with van der Waals surface area (Å²) in [7, 11) is 0. The lowest BCUT2D eigenvalue weighted by atomic mass is 9.86. The Morgan fingerprint density at radius 3 is 2.89 bits per heavy atom. The summed E-state index contributed by atoms with van der Waals surface area (Å²) < 4.78 is 0. The Morgan fingerprint density at radius 2 is 2.22 bits per heavy atom. The molecule has 4 nitrogen and oxygen atoms in total. The van der Waals surface area contributed by atoms with E-state index in [1.54, 1.807) is 13.8 Å². The van der Waals surface area contributed by atoms with Gasteiger partial charge in [0.05, 0.1) is 16.9 Å². The van der Waals surface area contributed by atoms with Crippen molar-refractivity contribution in [2.75, 3.05) is 11.1 Å². The maximum atomic E-state index is 11.3. The molecule has 0 fully saturated rings. The van der Waals surface area contributed by atoms with Gasteiger partial charge in [-0.25, -0.2) is 0 Å². The number of carboxylic acid groups (broad SMARTS) is 1. The standard InChI is InChI=1S/C13H15NO3S/c1-13(2,12(16)17)6-8-3-4-10-9(5-8)14-11(15)7-18-10/h3-5H,6-7H2,1-2H3,(H,14,15)(H,16,17). The van der Waals surface area contributed by atoms with E-state index in [0.717, 1.165) is 16.1 Å². The molecular weight excluding hydrogens is 250 g/mol. The van der Waals surface area contributed by atoms with Crippen LogP contribution < -0.4 is 5.32 Å². The van der Waals surface area contributed by atoms with E-state index in [1.165, 1.54) is 11.8 Å². The maximum Gasteiger partial charge on any atom is 0.309 e. The van der Waals surface area contributed by atoms with Crippen molar-refractivity contribution < 1.29 is 14.7 Å². The zero-order valence-electron chi connectivity index (χ0n) is 10.3. The minimum absolute atomic E-state index is 0.0119. The fraction of sp³-hybridized carbons (Fsp3) is 0.385. The molecule has 18 heavy (non-hydrogen) atoms. The predicted molar refractivity (Wildman–Crippen MR) is 70.9 cm³/mol. The summed E-state index contributed by atoms with van der Waals surface area (Å²) in [5.74, 6) is -0.395. The highest BCUT2D eigenvalue weighted by molar-refractivity contribution is 8.00. The highest BCUT2D eigenvalue weighted by atomic mass is 32.2. The summed E-state index contributed by atoms with van der Waals surface area (Å²) in [6, 6.07) is 5.73. The number of benzene rings is 1. The van der Waals surface area contributed by atoms with Crippen molar-refractivity contribution in [1.82, 2.24) is 0 Å². The number of carboxylic acids is 1. The summed E-state index contributed by atoms with van der Waals surface area (Å²) in [6.07, 6.45) is 0.441. The zero-order chi connectivity index (χ0) is 13.3. The molecular formula is C13H15NO3S. The summed E-state index contributed by atoms with van der Waals surface area (Å²) in [4.78, 5) is 23.4. The van der Waals surface area contributed by atoms with Crippen LogP contribution in [0, 0.1) is 5.41 Å². The average Bonchev–Trinajstić information content (AvgIpc) is 2.27. The van der Waals surface area contributed by atoms with Crippen molar-refractivity contribution in [3.05, 3.63) is 23.8 Å². The first kappa shape index (κ1) is 13.0. The van der Waals surface area contributed by atoms with Crippen LogP contribution in [0.3, 0.4) is 0 Å². The van der Waals surface area contributed by atoms with Crippen LogP contribution >= 0.6 is 11.8 Å². The summed E-state index contributed by atoms with van der Waals surface area (Å²) in [6.45, 7) is 3.39. The largest absolute Gasteiger partial charge is 0.481 e. The monoisotopic (exact) mass is 265 g/mol. The second kappa shape index (κ2) is 4.65. The van der Waals surface area contributed by atoms with Gasteiger partial charge in [-0.3, -0.25) is 9.59 Å². The van der Waals surface area contributed by atoms with Crippen molar-refractivity contribution in [3.63, 3.8) is 0 Å². The van der Waals surface area contributed by atoms with E-state index in [-0.39, 0.29) is 5.91 Å². The number of nitrogens with one attached hydrogen (secondary N) is 1. The number of rotatable bonds is 3. The van der Waals surface area contributed by atoms with Crippen molar-refractivity contribution in [1.29, 1.82) is 0 Å². The number of hydrogen-bond acceptors (Lipinski definition) is 3. The molecule has 1 aromatic rings. The Bertz CT molecular complexity index is 511. The molecule has 0 spiro atoms. The third-order valence-electron chi connectivity index (χ3n) is 2.90. The normalized spacial score (nSPS) is 14.9. The Kier molecular flexibility index (Phi) is 3.34. The molecule has 1 aliphatic heterocycles. The Labute approximate surface area is 110 Å². The van der Waals surface area contributed by atoms with Crippen molar-refractivity contribution >= 4 is 29.3 Å². The molecule has 1 heterocycles. The summed E-state index contributed by atoms with van der Waals surface area (Å²) >= 11 is 1.50. The van der Waals surface area contributed by atoms with Gasteiger partial charge in [-0.05, 0) is 38.0 Å². The maximum absolute atomic E-state index is 11.3. The van der Waals surface area contributed by atoms with E-state index in [1.807, 2.05) is 18.2 Å². The van der Waals surface area contributed by atoms with Gasteiger partial charge in [-0.1, -0.05) is 6.07 Å². The number of carbonyl (C=O) groups is 2. The van der Waals surface area contributed by atoms with E-state index < -0.39 is 11.4 Å². The second-order valence-corrected chi connectivity index (χ2v) is 6.05. The molecule has 1 amide bonds. The lowest BCUT2D eigenvalue weighted by molar-refractivity contribution is -0.146. The first-order valence-electron chi connectivity index (χ1n) is 5.67. The van der Waals surface area contributed by atoms with Crippen LogP contribution in [0.15, 0.2) is 23.1 Å².